The number of amides is 1. The minimum absolute atomic E-state index is 0.177. The lowest BCUT2D eigenvalue weighted by molar-refractivity contribution is -0.144. The molecule has 0 saturated carbocycles. The molecule has 2 saturated heterocycles. The summed E-state index contributed by atoms with van der Waals surface area (Å²) < 4.78 is 44.6. The second-order valence-electron chi connectivity index (χ2n) is 6.67. The summed E-state index contributed by atoms with van der Waals surface area (Å²) in [5.74, 6) is -1.99. The van der Waals surface area contributed by atoms with Crippen molar-refractivity contribution in [3.63, 3.8) is 0 Å². The Hall–Kier alpha value is -2.13. The number of nitrogens with zero attached hydrogens (tertiary/aromatic N) is 2. The van der Waals surface area contributed by atoms with Crippen LogP contribution in [0.3, 0.4) is 0 Å². The highest BCUT2D eigenvalue weighted by Gasteiger charge is 2.53. The van der Waals surface area contributed by atoms with E-state index in [2.05, 4.69) is 0 Å². The van der Waals surface area contributed by atoms with Crippen molar-refractivity contribution in [1.82, 2.24) is 9.80 Å². The normalized spacial score (nSPS) is 23.4. The first-order chi connectivity index (χ1) is 12.1. The standard InChI is InChI=1S/C17H19F3N2O4/c1-21-7-5-16(6-8-21)22(13(10-26-16)15(24)25)14(23)11-3-2-4-12(9-11)17(18,19)20/h2-4,9,13H,5-8,10H2,1H3,(H,24,25)/t13-/m1/s1. The molecule has 0 radical (unpaired) electrons. The summed E-state index contributed by atoms with van der Waals surface area (Å²) in [4.78, 5) is 27.7. The molecule has 1 spiro atoms. The molecule has 2 aliphatic heterocycles. The van der Waals surface area contributed by atoms with Gasteiger partial charge < -0.3 is 14.7 Å². The van der Waals surface area contributed by atoms with E-state index >= 15 is 0 Å². The lowest BCUT2D eigenvalue weighted by atomic mass is 9.97. The average Bonchev–Trinajstić information content (AvgIpc) is 2.96. The van der Waals surface area contributed by atoms with Gasteiger partial charge in [-0.05, 0) is 25.2 Å². The Morgan fingerprint density at radius 1 is 1.27 bits per heavy atom. The zero-order valence-electron chi connectivity index (χ0n) is 14.1. The first-order valence-electron chi connectivity index (χ1n) is 8.20. The number of benzene rings is 1. The van der Waals surface area contributed by atoms with Gasteiger partial charge in [-0.3, -0.25) is 9.69 Å². The molecule has 26 heavy (non-hydrogen) atoms. The number of carbonyl (C=O) groups excluding carboxylic acids is 1. The van der Waals surface area contributed by atoms with Gasteiger partial charge in [0.2, 0.25) is 0 Å². The van der Waals surface area contributed by atoms with Crippen molar-refractivity contribution in [3.05, 3.63) is 35.4 Å². The van der Waals surface area contributed by atoms with Crippen molar-refractivity contribution >= 4 is 11.9 Å². The number of carbonyl (C=O) groups is 2. The maximum Gasteiger partial charge on any atom is 0.416 e. The second-order valence-corrected chi connectivity index (χ2v) is 6.67. The molecular formula is C17H19F3N2O4. The maximum absolute atomic E-state index is 13.0. The van der Waals surface area contributed by atoms with Gasteiger partial charge in [-0.2, -0.15) is 13.2 Å². The number of halogens is 3. The van der Waals surface area contributed by atoms with Crippen LogP contribution in [0.2, 0.25) is 0 Å². The molecule has 2 fully saturated rings. The molecule has 1 aromatic rings. The monoisotopic (exact) mass is 372 g/mol. The van der Waals surface area contributed by atoms with E-state index < -0.39 is 35.4 Å². The number of carboxylic acids is 1. The summed E-state index contributed by atoms with van der Waals surface area (Å²) in [7, 11) is 1.90. The predicted molar refractivity (Wildman–Crippen MR) is 84.5 cm³/mol. The van der Waals surface area contributed by atoms with Crippen LogP contribution in [0.25, 0.3) is 0 Å². The Morgan fingerprint density at radius 2 is 1.92 bits per heavy atom. The average molecular weight is 372 g/mol. The molecule has 1 aromatic carbocycles. The van der Waals surface area contributed by atoms with Gasteiger partial charge in [-0.25, -0.2) is 4.79 Å². The van der Waals surface area contributed by atoms with Gasteiger partial charge in [0.25, 0.3) is 5.91 Å². The Labute approximate surface area is 148 Å². The summed E-state index contributed by atoms with van der Waals surface area (Å²) >= 11 is 0. The van der Waals surface area contributed by atoms with Crippen LogP contribution in [0.4, 0.5) is 13.2 Å². The molecule has 0 bridgehead atoms. The highest BCUT2D eigenvalue weighted by Crippen LogP contribution is 2.38. The summed E-state index contributed by atoms with van der Waals surface area (Å²) in [5, 5.41) is 9.46. The number of hydrogen-bond acceptors (Lipinski definition) is 4. The molecule has 0 unspecified atom stereocenters. The van der Waals surface area contributed by atoms with Crippen molar-refractivity contribution < 1.29 is 32.6 Å². The molecular weight excluding hydrogens is 353 g/mol. The summed E-state index contributed by atoms with van der Waals surface area (Å²) in [6.07, 6.45) is -3.79. The van der Waals surface area contributed by atoms with E-state index in [9.17, 15) is 27.9 Å². The quantitative estimate of drug-likeness (QED) is 0.861. The molecule has 2 heterocycles. The van der Waals surface area contributed by atoms with Gasteiger partial charge in [0, 0.05) is 31.5 Å². The van der Waals surface area contributed by atoms with Crippen molar-refractivity contribution in [2.24, 2.45) is 0 Å². The van der Waals surface area contributed by atoms with Crippen LogP contribution >= 0.6 is 0 Å². The van der Waals surface area contributed by atoms with Gasteiger partial charge >= 0.3 is 12.1 Å². The van der Waals surface area contributed by atoms with Crippen LogP contribution in [0.5, 0.6) is 0 Å². The third-order valence-electron chi connectivity index (χ3n) is 4.97. The van der Waals surface area contributed by atoms with E-state index in [1.807, 2.05) is 11.9 Å². The van der Waals surface area contributed by atoms with Crippen LogP contribution in [0.15, 0.2) is 24.3 Å². The highest BCUT2D eigenvalue weighted by molar-refractivity contribution is 5.97. The van der Waals surface area contributed by atoms with Crippen LogP contribution in [-0.4, -0.2) is 65.3 Å². The van der Waals surface area contributed by atoms with E-state index in [1.54, 1.807) is 0 Å². The largest absolute Gasteiger partial charge is 0.480 e. The fraction of sp³-hybridized carbons (Fsp3) is 0.529. The summed E-state index contributed by atoms with van der Waals surface area (Å²) in [6, 6.07) is 2.81. The topological polar surface area (TPSA) is 70.1 Å². The number of hydrogen-bond donors (Lipinski definition) is 1. The minimum atomic E-state index is -4.59. The number of likely N-dealkylation sites (tertiary alicyclic amines) is 1. The number of piperidine rings is 1. The van der Waals surface area contributed by atoms with Crippen LogP contribution in [-0.2, 0) is 15.7 Å². The Kier molecular flexibility index (Phi) is 4.70. The number of alkyl halides is 3. The van der Waals surface area contributed by atoms with Crippen LogP contribution in [0.1, 0.15) is 28.8 Å². The third-order valence-corrected chi connectivity index (χ3v) is 4.97. The van der Waals surface area contributed by atoms with Crippen molar-refractivity contribution in [2.45, 2.75) is 30.8 Å². The predicted octanol–water partition coefficient (Wildman–Crippen LogP) is 2.05. The lowest BCUT2D eigenvalue weighted by Gasteiger charge is -2.43. The number of ether oxygens (including phenoxy) is 1. The summed E-state index contributed by atoms with van der Waals surface area (Å²) in [6.45, 7) is 1.02. The molecule has 9 heteroatoms. The van der Waals surface area contributed by atoms with Gasteiger partial charge in [0.1, 0.15) is 5.72 Å². The summed E-state index contributed by atoms with van der Waals surface area (Å²) in [5.41, 5.74) is -2.25. The van der Waals surface area contributed by atoms with E-state index in [4.69, 9.17) is 4.74 Å². The molecule has 6 nitrogen and oxygen atoms in total. The number of aliphatic carboxylic acids is 1. The van der Waals surface area contributed by atoms with Crippen LogP contribution in [0, 0.1) is 0 Å². The van der Waals surface area contributed by atoms with Gasteiger partial charge in [0.05, 0.1) is 12.2 Å². The fourth-order valence-electron chi connectivity index (χ4n) is 3.49. The Bertz CT molecular complexity index is 714. The maximum atomic E-state index is 13.0. The Morgan fingerprint density at radius 3 is 2.50 bits per heavy atom. The zero-order chi connectivity index (χ0) is 19.1. The highest BCUT2D eigenvalue weighted by atomic mass is 19.4. The molecule has 1 atom stereocenters. The molecule has 1 N–H and O–H groups in total. The van der Waals surface area contributed by atoms with E-state index in [-0.39, 0.29) is 12.2 Å². The Balaban J connectivity index is 1.97. The minimum Gasteiger partial charge on any atom is -0.480 e. The molecule has 0 aliphatic carbocycles. The molecule has 142 valence electrons. The lowest BCUT2D eigenvalue weighted by Crippen LogP contribution is -2.57. The third kappa shape index (κ3) is 3.28. The second kappa shape index (κ2) is 6.55. The molecule has 0 aromatic heterocycles. The van der Waals surface area contributed by atoms with E-state index in [0.29, 0.717) is 25.9 Å². The number of carboxylic acid groups (broad SMARTS) is 1. The van der Waals surface area contributed by atoms with Gasteiger partial charge in [-0.15, -0.1) is 0 Å². The molecule has 2 aliphatic rings. The van der Waals surface area contributed by atoms with Crippen molar-refractivity contribution in [3.8, 4) is 0 Å². The first-order valence-corrected chi connectivity index (χ1v) is 8.20. The SMILES string of the molecule is CN1CCC2(CC1)OC[C@H](C(=O)O)N2C(=O)c1cccc(C(F)(F)F)c1. The van der Waals surface area contributed by atoms with Gasteiger partial charge in [-0.1, -0.05) is 6.07 Å². The molecule has 1 amide bonds. The van der Waals surface area contributed by atoms with Crippen molar-refractivity contribution in [2.75, 3.05) is 26.7 Å². The fourth-order valence-corrected chi connectivity index (χ4v) is 3.49. The number of rotatable bonds is 2. The van der Waals surface area contributed by atoms with E-state index in [0.717, 1.165) is 23.1 Å². The zero-order valence-corrected chi connectivity index (χ0v) is 14.1. The van der Waals surface area contributed by atoms with Gasteiger partial charge in [0.15, 0.2) is 6.04 Å². The smallest absolute Gasteiger partial charge is 0.416 e. The van der Waals surface area contributed by atoms with Crippen LogP contribution < -0.4 is 0 Å². The first kappa shape index (κ1) is 18.7. The van der Waals surface area contributed by atoms with Crippen molar-refractivity contribution in [1.29, 1.82) is 0 Å². The van der Waals surface area contributed by atoms with E-state index in [1.165, 1.54) is 6.07 Å². The molecule has 3 rings (SSSR count).